The lowest BCUT2D eigenvalue weighted by atomic mass is 10.3. The molecule has 19 heavy (non-hydrogen) atoms. The summed E-state index contributed by atoms with van der Waals surface area (Å²) in [4.78, 5) is 26.5. The van der Waals surface area contributed by atoms with E-state index in [4.69, 9.17) is 5.11 Å². The van der Waals surface area contributed by atoms with E-state index in [1.54, 1.807) is 19.1 Å². The van der Waals surface area contributed by atoms with Gasteiger partial charge in [0.2, 0.25) is 5.76 Å². The van der Waals surface area contributed by atoms with Gasteiger partial charge >= 0.3 is 5.97 Å². The fourth-order valence-corrected chi connectivity index (χ4v) is 1.50. The molecule has 0 radical (unpaired) electrons. The van der Waals surface area contributed by atoms with Gasteiger partial charge in [0.1, 0.15) is 5.82 Å². The number of aromatic carboxylic acids is 1. The molecule has 0 aliphatic carbocycles. The summed E-state index contributed by atoms with van der Waals surface area (Å²) < 4.78 is 5.31. The third-order valence-electron chi connectivity index (χ3n) is 2.22. The Kier molecular flexibility index (Phi) is 3.61. The van der Waals surface area contributed by atoms with E-state index in [9.17, 15) is 9.59 Å². The zero-order chi connectivity index (χ0) is 14.0. The molecular weight excluding hydrogens is 318 g/mol. The van der Waals surface area contributed by atoms with Crippen molar-refractivity contribution in [2.24, 2.45) is 0 Å². The highest BCUT2D eigenvalue weighted by molar-refractivity contribution is 9.10. The number of carboxylic acids is 1. The maximum atomic E-state index is 11.8. The lowest BCUT2D eigenvalue weighted by Crippen LogP contribution is -2.13. The highest BCUT2D eigenvalue weighted by Gasteiger charge is 2.17. The van der Waals surface area contributed by atoms with E-state index in [-0.39, 0.29) is 5.69 Å². The summed E-state index contributed by atoms with van der Waals surface area (Å²) in [7, 11) is 0. The van der Waals surface area contributed by atoms with Crippen molar-refractivity contribution in [3.8, 4) is 0 Å². The van der Waals surface area contributed by atoms with Gasteiger partial charge < -0.3 is 14.9 Å². The number of carbonyl (C=O) groups excluding carboxylic acids is 1. The summed E-state index contributed by atoms with van der Waals surface area (Å²) in [5, 5.41) is 14.5. The first kappa shape index (κ1) is 13.2. The number of amides is 1. The Hall–Kier alpha value is -2.22. The third-order valence-corrected chi connectivity index (χ3v) is 3.05. The first-order valence-corrected chi connectivity index (χ1v) is 5.91. The Bertz CT molecular complexity index is 653. The van der Waals surface area contributed by atoms with Crippen LogP contribution in [0.5, 0.6) is 0 Å². The zero-order valence-corrected chi connectivity index (χ0v) is 11.3. The first-order chi connectivity index (χ1) is 8.97. The van der Waals surface area contributed by atoms with Crippen LogP contribution >= 0.6 is 15.9 Å². The quantitative estimate of drug-likeness (QED) is 0.895. The maximum Gasteiger partial charge on any atom is 0.374 e. The molecule has 2 N–H and O–H groups in total. The number of aromatic nitrogens is 2. The summed E-state index contributed by atoms with van der Waals surface area (Å²) >= 11 is 3.29. The molecule has 0 aromatic carbocycles. The van der Waals surface area contributed by atoms with Gasteiger partial charge in [-0.2, -0.15) is 0 Å². The Morgan fingerprint density at radius 3 is 2.74 bits per heavy atom. The van der Waals surface area contributed by atoms with E-state index >= 15 is 0 Å². The number of rotatable bonds is 3. The van der Waals surface area contributed by atoms with Crippen molar-refractivity contribution in [1.29, 1.82) is 0 Å². The van der Waals surface area contributed by atoms with Gasteiger partial charge in [0.15, 0.2) is 5.69 Å². The molecule has 98 valence electrons. The predicted octanol–water partition coefficient (Wildman–Crippen LogP) is 2.09. The molecule has 8 heteroatoms. The largest absolute Gasteiger partial charge is 0.475 e. The predicted molar refractivity (Wildman–Crippen MR) is 68.1 cm³/mol. The minimum atomic E-state index is -1.29. The number of hydrogen-bond donors (Lipinski definition) is 2. The van der Waals surface area contributed by atoms with E-state index in [1.807, 2.05) is 0 Å². The van der Waals surface area contributed by atoms with Crippen molar-refractivity contribution in [3.05, 3.63) is 39.8 Å². The smallest absolute Gasteiger partial charge is 0.374 e. The fraction of sp³-hybridized carbons (Fsp3) is 0.0909. The summed E-state index contributed by atoms with van der Waals surface area (Å²) in [6.45, 7) is 1.78. The molecular formula is C11H8BrN3O4. The van der Waals surface area contributed by atoms with Crippen molar-refractivity contribution in [2.45, 2.75) is 6.92 Å². The van der Waals surface area contributed by atoms with E-state index in [0.717, 1.165) is 10.5 Å². The number of nitrogens with zero attached hydrogens (tertiary/aromatic N) is 2. The van der Waals surface area contributed by atoms with Crippen LogP contribution < -0.4 is 5.32 Å². The van der Waals surface area contributed by atoms with Crippen LogP contribution in [0, 0.1) is 6.92 Å². The molecule has 2 rings (SSSR count). The standard InChI is InChI=1S/C11H8BrN3O4/c1-5-6(12)2-3-9(13-5)14-10(16)7-4-8(11(17)18)19-15-7/h2-4H,1H3,(H,17,18)(H,13,14,16). The van der Waals surface area contributed by atoms with Crippen LogP contribution in [-0.2, 0) is 0 Å². The number of anilines is 1. The molecule has 0 saturated carbocycles. The molecule has 0 atom stereocenters. The monoisotopic (exact) mass is 325 g/mol. The molecule has 2 heterocycles. The second-order valence-electron chi connectivity index (χ2n) is 3.60. The number of pyridine rings is 1. The molecule has 0 fully saturated rings. The Balaban J connectivity index is 2.15. The SMILES string of the molecule is Cc1nc(NC(=O)c2cc(C(=O)O)on2)ccc1Br. The van der Waals surface area contributed by atoms with Crippen LogP contribution in [0.2, 0.25) is 0 Å². The summed E-state index contributed by atoms with van der Waals surface area (Å²) in [6, 6.07) is 4.39. The van der Waals surface area contributed by atoms with Crippen LogP contribution in [-0.4, -0.2) is 27.1 Å². The summed E-state index contributed by atoms with van der Waals surface area (Å²) in [6.07, 6.45) is 0. The van der Waals surface area contributed by atoms with Gasteiger partial charge in [-0.3, -0.25) is 4.79 Å². The minimum absolute atomic E-state index is 0.125. The fourth-order valence-electron chi connectivity index (χ4n) is 1.28. The molecule has 1 amide bonds. The Morgan fingerprint density at radius 1 is 1.42 bits per heavy atom. The van der Waals surface area contributed by atoms with E-state index < -0.39 is 17.6 Å². The van der Waals surface area contributed by atoms with Crippen molar-refractivity contribution in [3.63, 3.8) is 0 Å². The lowest BCUT2D eigenvalue weighted by molar-refractivity contribution is 0.0651. The number of halogens is 1. The van der Waals surface area contributed by atoms with Crippen molar-refractivity contribution in [2.75, 3.05) is 5.32 Å². The molecule has 0 spiro atoms. The first-order valence-electron chi connectivity index (χ1n) is 5.12. The van der Waals surface area contributed by atoms with Gasteiger partial charge in [-0.1, -0.05) is 5.16 Å². The topological polar surface area (TPSA) is 105 Å². The van der Waals surface area contributed by atoms with E-state index in [2.05, 4.69) is 35.9 Å². The van der Waals surface area contributed by atoms with Gasteiger partial charge in [-0.15, -0.1) is 0 Å². The maximum absolute atomic E-state index is 11.8. The number of nitrogens with one attached hydrogen (secondary N) is 1. The van der Waals surface area contributed by atoms with Gasteiger partial charge in [0.25, 0.3) is 5.91 Å². The summed E-state index contributed by atoms with van der Waals surface area (Å²) in [5.74, 6) is -1.94. The minimum Gasteiger partial charge on any atom is -0.475 e. The highest BCUT2D eigenvalue weighted by Crippen LogP contribution is 2.16. The molecule has 0 aliphatic rings. The molecule has 7 nitrogen and oxygen atoms in total. The van der Waals surface area contributed by atoms with Crippen LogP contribution in [0.4, 0.5) is 5.82 Å². The second-order valence-corrected chi connectivity index (χ2v) is 4.45. The van der Waals surface area contributed by atoms with Gasteiger partial charge in [0.05, 0.1) is 5.69 Å². The molecule has 0 saturated heterocycles. The molecule has 2 aromatic heterocycles. The highest BCUT2D eigenvalue weighted by atomic mass is 79.9. The van der Waals surface area contributed by atoms with E-state index in [1.165, 1.54) is 0 Å². The lowest BCUT2D eigenvalue weighted by Gasteiger charge is -2.03. The average Bonchev–Trinajstić information content (AvgIpc) is 2.83. The Labute approximate surface area is 115 Å². The van der Waals surface area contributed by atoms with Crippen LogP contribution in [0.25, 0.3) is 0 Å². The van der Waals surface area contributed by atoms with Crippen LogP contribution in [0.1, 0.15) is 26.7 Å². The molecule has 2 aromatic rings. The number of carbonyl (C=O) groups is 2. The summed E-state index contributed by atoms with van der Waals surface area (Å²) in [5.41, 5.74) is 0.587. The zero-order valence-electron chi connectivity index (χ0n) is 9.68. The van der Waals surface area contributed by atoms with Crippen molar-refractivity contribution >= 4 is 33.6 Å². The molecule has 0 bridgehead atoms. The van der Waals surface area contributed by atoms with Crippen LogP contribution in [0.15, 0.2) is 27.2 Å². The average molecular weight is 326 g/mol. The molecule has 0 unspecified atom stereocenters. The van der Waals surface area contributed by atoms with Crippen LogP contribution in [0.3, 0.4) is 0 Å². The Morgan fingerprint density at radius 2 is 2.16 bits per heavy atom. The van der Waals surface area contributed by atoms with Gasteiger partial charge in [0, 0.05) is 10.5 Å². The van der Waals surface area contributed by atoms with Gasteiger partial charge in [-0.25, -0.2) is 9.78 Å². The van der Waals surface area contributed by atoms with Crippen molar-refractivity contribution < 1.29 is 19.2 Å². The number of carboxylic acid groups (broad SMARTS) is 1. The van der Waals surface area contributed by atoms with E-state index in [0.29, 0.717) is 11.5 Å². The van der Waals surface area contributed by atoms with Gasteiger partial charge in [-0.05, 0) is 35.0 Å². The number of aryl methyl sites for hydroxylation is 1. The normalized spacial score (nSPS) is 10.2. The third kappa shape index (κ3) is 2.97. The van der Waals surface area contributed by atoms with Crippen molar-refractivity contribution in [1.82, 2.24) is 10.1 Å². The number of hydrogen-bond acceptors (Lipinski definition) is 5. The second kappa shape index (κ2) is 5.19. The molecule has 0 aliphatic heterocycles.